The molecule has 1 atom stereocenters. The highest BCUT2D eigenvalue weighted by atomic mass is 16.5. The summed E-state index contributed by atoms with van der Waals surface area (Å²) in [6, 6.07) is 11.3. The van der Waals surface area contributed by atoms with E-state index >= 15 is 0 Å². The Morgan fingerprint density at radius 2 is 2.17 bits per heavy atom. The van der Waals surface area contributed by atoms with Crippen LogP contribution in [-0.2, 0) is 0 Å². The van der Waals surface area contributed by atoms with Crippen molar-refractivity contribution in [1.82, 2.24) is 5.32 Å². The topological polar surface area (TPSA) is 51.5 Å². The van der Waals surface area contributed by atoms with E-state index in [1.54, 1.807) is 12.1 Å². The van der Waals surface area contributed by atoms with Gasteiger partial charge in [0, 0.05) is 18.0 Å². The van der Waals surface area contributed by atoms with Crippen LogP contribution in [0.1, 0.15) is 22.0 Å². The van der Waals surface area contributed by atoms with Gasteiger partial charge in [0.1, 0.15) is 5.75 Å². The van der Waals surface area contributed by atoms with Crippen LogP contribution in [-0.4, -0.2) is 19.1 Å². The molecule has 0 saturated heterocycles. The summed E-state index contributed by atoms with van der Waals surface area (Å²) in [4.78, 5) is 11.7. The second kappa shape index (κ2) is 4.56. The lowest BCUT2D eigenvalue weighted by Crippen LogP contribution is -2.28. The van der Waals surface area contributed by atoms with Gasteiger partial charge in [-0.05, 0) is 18.2 Å². The Morgan fingerprint density at radius 1 is 1.28 bits per heavy atom. The molecule has 4 heteroatoms. The molecule has 2 aromatic rings. The van der Waals surface area contributed by atoms with Crippen molar-refractivity contribution in [3.8, 4) is 5.75 Å². The lowest BCUT2D eigenvalue weighted by atomic mass is 10.0. The van der Waals surface area contributed by atoms with Gasteiger partial charge in [-0.15, -0.1) is 0 Å². The molecule has 4 nitrogen and oxygen atoms in total. The minimum absolute atomic E-state index is 0.190. The summed E-state index contributed by atoms with van der Waals surface area (Å²) in [7, 11) is 0. The number of rotatable bonds is 3. The average molecular weight is 243 g/mol. The minimum atomic E-state index is -0.190. The number of hydrogen-bond acceptors (Lipinski definition) is 3. The van der Waals surface area contributed by atoms with Crippen LogP contribution in [0.2, 0.25) is 0 Å². The van der Waals surface area contributed by atoms with Crippen LogP contribution in [0.25, 0.3) is 0 Å². The maximum Gasteiger partial charge on any atom is 0.286 e. The van der Waals surface area contributed by atoms with Gasteiger partial charge in [0.2, 0.25) is 0 Å². The standard InChI is InChI=1S/C14H13NO3/c16-14(13-6-3-7-17-13)15-8-10-9-18-12-5-2-1-4-11(10)12/h1-7,10H,8-9H2,(H,15,16)/t10-/m1/s1. The molecule has 2 heterocycles. The Labute approximate surface area is 105 Å². The zero-order valence-electron chi connectivity index (χ0n) is 9.76. The summed E-state index contributed by atoms with van der Waals surface area (Å²) in [5.74, 6) is 1.27. The number of nitrogens with one attached hydrogen (secondary N) is 1. The number of furan rings is 1. The Balaban J connectivity index is 1.64. The zero-order chi connectivity index (χ0) is 12.4. The van der Waals surface area contributed by atoms with E-state index in [9.17, 15) is 4.79 Å². The number of amides is 1. The van der Waals surface area contributed by atoms with Gasteiger partial charge >= 0.3 is 0 Å². The van der Waals surface area contributed by atoms with Crippen molar-refractivity contribution in [2.45, 2.75) is 5.92 Å². The van der Waals surface area contributed by atoms with E-state index in [-0.39, 0.29) is 11.8 Å². The SMILES string of the molecule is O=C(NC[C@@H]1COc2ccccc21)c1ccco1. The van der Waals surface area contributed by atoms with Gasteiger partial charge in [-0.2, -0.15) is 0 Å². The highest BCUT2D eigenvalue weighted by Crippen LogP contribution is 2.32. The van der Waals surface area contributed by atoms with Gasteiger partial charge in [0.15, 0.2) is 5.76 Å². The molecule has 0 unspecified atom stereocenters. The first-order valence-electron chi connectivity index (χ1n) is 5.88. The summed E-state index contributed by atoms with van der Waals surface area (Å²) < 4.78 is 10.6. The molecule has 0 saturated carbocycles. The van der Waals surface area contributed by atoms with Gasteiger partial charge in [0.05, 0.1) is 12.9 Å². The molecular weight excluding hydrogens is 230 g/mol. The molecule has 1 amide bonds. The van der Waals surface area contributed by atoms with Crippen molar-refractivity contribution >= 4 is 5.91 Å². The molecule has 0 radical (unpaired) electrons. The minimum Gasteiger partial charge on any atom is -0.493 e. The molecule has 92 valence electrons. The average Bonchev–Trinajstić information content (AvgIpc) is 3.06. The Hall–Kier alpha value is -2.23. The third kappa shape index (κ3) is 1.97. The summed E-state index contributed by atoms with van der Waals surface area (Å²) >= 11 is 0. The fourth-order valence-electron chi connectivity index (χ4n) is 2.11. The molecule has 1 aromatic carbocycles. The van der Waals surface area contributed by atoms with E-state index in [0.29, 0.717) is 18.9 Å². The van der Waals surface area contributed by atoms with Crippen molar-refractivity contribution in [2.24, 2.45) is 0 Å². The van der Waals surface area contributed by atoms with Gasteiger partial charge in [-0.1, -0.05) is 18.2 Å². The summed E-state index contributed by atoms with van der Waals surface area (Å²) in [6.45, 7) is 1.16. The molecule has 0 fully saturated rings. The molecule has 3 rings (SSSR count). The molecule has 0 bridgehead atoms. The van der Waals surface area contributed by atoms with Gasteiger partial charge < -0.3 is 14.5 Å². The second-order valence-corrected chi connectivity index (χ2v) is 4.23. The first kappa shape index (κ1) is 10.9. The van der Waals surface area contributed by atoms with E-state index in [1.807, 2.05) is 24.3 Å². The smallest absolute Gasteiger partial charge is 0.286 e. The molecule has 0 aliphatic carbocycles. The largest absolute Gasteiger partial charge is 0.493 e. The van der Waals surface area contributed by atoms with Crippen molar-refractivity contribution in [3.05, 3.63) is 54.0 Å². The Morgan fingerprint density at radius 3 is 3.00 bits per heavy atom. The Kier molecular flexibility index (Phi) is 2.76. The maximum atomic E-state index is 11.7. The van der Waals surface area contributed by atoms with Crippen LogP contribution in [0.15, 0.2) is 47.1 Å². The fourth-order valence-corrected chi connectivity index (χ4v) is 2.11. The van der Waals surface area contributed by atoms with E-state index < -0.39 is 0 Å². The Bertz CT molecular complexity index is 548. The van der Waals surface area contributed by atoms with Crippen molar-refractivity contribution < 1.29 is 13.9 Å². The molecule has 18 heavy (non-hydrogen) atoms. The predicted octanol–water partition coefficient (Wildman–Crippen LogP) is 2.19. The normalized spacial score (nSPS) is 17.0. The quantitative estimate of drug-likeness (QED) is 0.899. The fraction of sp³-hybridized carbons (Fsp3) is 0.214. The highest BCUT2D eigenvalue weighted by molar-refractivity contribution is 5.91. The van der Waals surface area contributed by atoms with Crippen LogP contribution >= 0.6 is 0 Å². The zero-order valence-corrected chi connectivity index (χ0v) is 9.76. The van der Waals surface area contributed by atoms with Crippen molar-refractivity contribution in [3.63, 3.8) is 0 Å². The van der Waals surface area contributed by atoms with Gasteiger partial charge in [-0.3, -0.25) is 4.79 Å². The van der Waals surface area contributed by atoms with Crippen molar-refractivity contribution in [2.75, 3.05) is 13.2 Å². The second-order valence-electron chi connectivity index (χ2n) is 4.23. The van der Waals surface area contributed by atoms with Crippen LogP contribution in [0, 0.1) is 0 Å². The van der Waals surface area contributed by atoms with E-state index in [4.69, 9.17) is 9.15 Å². The molecule has 0 spiro atoms. The van der Waals surface area contributed by atoms with Gasteiger partial charge in [0.25, 0.3) is 5.91 Å². The third-order valence-electron chi connectivity index (χ3n) is 3.05. The number of benzene rings is 1. The number of fused-ring (bicyclic) bond motifs is 1. The van der Waals surface area contributed by atoms with Crippen molar-refractivity contribution in [1.29, 1.82) is 0 Å². The monoisotopic (exact) mass is 243 g/mol. The number of hydrogen-bond donors (Lipinski definition) is 1. The number of carbonyl (C=O) groups excluding carboxylic acids is 1. The van der Waals surface area contributed by atoms with E-state index in [1.165, 1.54) is 6.26 Å². The lowest BCUT2D eigenvalue weighted by molar-refractivity contribution is 0.0922. The van der Waals surface area contributed by atoms with Crippen LogP contribution in [0.3, 0.4) is 0 Å². The molecule has 1 aliphatic rings. The summed E-state index contributed by atoms with van der Waals surface area (Å²) in [6.07, 6.45) is 1.49. The summed E-state index contributed by atoms with van der Waals surface area (Å²) in [5, 5.41) is 2.86. The number of ether oxygens (including phenoxy) is 1. The predicted molar refractivity (Wildman–Crippen MR) is 65.7 cm³/mol. The molecule has 1 N–H and O–H groups in total. The number of carbonyl (C=O) groups is 1. The number of para-hydroxylation sites is 1. The first-order valence-corrected chi connectivity index (χ1v) is 5.88. The third-order valence-corrected chi connectivity index (χ3v) is 3.05. The lowest BCUT2D eigenvalue weighted by Gasteiger charge is -2.09. The first-order chi connectivity index (χ1) is 8.84. The van der Waals surface area contributed by atoms with Gasteiger partial charge in [-0.25, -0.2) is 0 Å². The van der Waals surface area contributed by atoms with E-state index in [0.717, 1.165) is 11.3 Å². The summed E-state index contributed by atoms with van der Waals surface area (Å²) in [5.41, 5.74) is 1.15. The maximum absolute atomic E-state index is 11.7. The van der Waals surface area contributed by atoms with Crippen LogP contribution < -0.4 is 10.1 Å². The molecular formula is C14H13NO3. The van der Waals surface area contributed by atoms with Crippen LogP contribution in [0.5, 0.6) is 5.75 Å². The molecule has 1 aromatic heterocycles. The van der Waals surface area contributed by atoms with Crippen LogP contribution in [0.4, 0.5) is 0 Å². The van der Waals surface area contributed by atoms with E-state index in [2.05, 4.69) is 5.32 Å². The molecule has 1 aliphatic heterocycles. The highest BCUT2D eigenvalue weighted by Gasteiger charge is 2.24.